The van der Waals surface area contributed by atoms with Gasteiger partial charge in [0.1, 0.15) is 0 Å². The molecule has 24 heavy (non-hydrogen) atoms. The van der Waals surface area contributed by atoms with Gasteiger partial charge in [0.2, 0.25) is 0 Å². The smallest absolute Gasteiger partial charge is 0.147 e. The summed E-state index contributed by atoms with van der Waals surface area (Å²) in [5.74, 6) is 0.888. The molecule has 0 aromatic heterocycles. The van der Waals surface area contributed by atoms with Crippen molar-refractivity contribution in [2.75, 3.05) is 0 Å². The Hall–Kier alpha value is 0.627. The van der Waals surface area contributed by atoms with Gasteiger partial charge in [0.05, 0.1) is 0 Å². The van der Waals surface area contributed by atoms with Crippen molar-refractivity contribution in [1.82, 2.24) is 0 Å². The number of allylic oxidation sites excluding steroid dienone is 8. The first-order valence-corrected chi connectivity index (χ1v) is 21.0. The number of halogens is 2. The van der Waals surface area contributed by atoms with Gasteiger partial charge in [-0.1, -0.05) is 0 Å². The van der Waals surface area contributed by atoms with E-state index in [1.165, 1.54) is 12.1 Å². The van der Waals surface area contributed by atoms with Crippen molar-refractivity contribution in [3.63, 3.8) is 0 Å². The van der Waals surface area contributed by atoms with Crippen LogP contribution in [0.3, 0.4) is 0 Å². The summed E-state index contributed by atoms with van der Waals surface area (Å²) in [4.78, 5) is 0. The minimum absolute atomic E-state index is 0. The summed E-state index contributed by atoms with van der Waals surface area (Å²) in [5, 5.41) is 0. The fourth-order valence-corrected chi connectivity index (χ4v) is 42.4. The van der Waals surface area contributed by atoms with Crippen LogP contribution in [0.2, 0.25) is 12.1 Å². The van der Waals surface area contributed by atoms with Gasteiger partial charge in [0.15, 0.2) is 0 Å². The van der Waals surface area contributed by atoms with Gasteiger partial charge in [-0.3, -0.25) is 0 Å². The molecule has 4 heteroatoms. The Morgan fingerprint density at radius 1 is 0.792 bits per heavy atom. The first kappa shape index (κ1) is 24.6. The van der Waals surface area contributed by atoms with Gasteiger partial charge in [-0.2, -0.15) is 0 Å². The molecule has 0 radical (unpaired) electrons. The van der Waals surface area contributed by atoms with Crippen molar-refractivity contribution >= 4 is 30.8 Å². The fourth-order valence-electron chi connectivity index (χ4n) is 4.40. The van der Waals surface area contributed by atoms with Gasteiger partial charge in [0.25, 0.3) is 0 Å². The maximum Gasteiger partial charge on any atom is -0.147 e. The van der Waals surface area contributed by atoms with Crippen LogP contribution in [0.4, 0.5) is 0 Å². The molecule has 2 atom stereocenters. The molecule has 0 aliphatic heterocycles. The van der Waals surface area contributed by atoms with E-state index in [1.807, 2.05) is 6.66 Å². The van der Waals surface area contributed by atoms with Crippen LogP contribution in [-0.2, 0) is 20.6 Å². The molecular weight excluding hydrogens is 518 g/mol. The molecule has 0 bridgehead atoms. The van der Waals surface area contributed by atoms with Crippen molar-refractivity contribution < 1.29 is 20.6 Å². The second-order valence-corrected chi connectivity index (χ2v) is 30.7. The minimum Gasteiger partial charge on any atom is -0.147 e. The zero-order valence-corrected chi connectivity index (χ0v) is 23.0. The van der Waals surface area contributed by atoms with Crippen LogP contribution in [0, 0.1) is 11.8 Å². The molecule has 0 saturated heterocycles. The standard InChI is InChI=1S/2C8H11.C4H11Si.2ClH.Hf/c2*1-6-4-7(2)8(3)5-6;1-3-5-4-2;;;/h2*4,8H,1-3H3;5H,3-4H2,1-2H3;2*1H;. The molecule has 0 N–H and O–H groups in total. The van der Waals surface area contributed by atoms with Gasteiger partial charge in [-0.25, -0.2) is 0 Å². The Morgan fingerprint density at radius 3 is 1.33 bits per heavy atom. The molecule has 2 aliphatic rings. The Morgan fingerprint density at radius 2 is 1.12 bits per heavy atom. The molecule has 0 nitrogen and oxygen atoms in total. The summed E-state index contributed by atoms with van der Waals surface area (Å²) in [6.07, 6.45) is 4.99. The monoisotopic (exact) mass is 553 g/mol. The molecule has 0 heterocycles. The largest absolute Gasteiger partial charge is 0.147 e. The molecule has 2 aliphatic carbocycles. The molecule has 0 fully saturated rings. The van der Waals surface area contributed by atoms with Crippen LogP contribution < -0.4 is 0 Å². The van der Waals surface area contributed by atoms with E-state index < -0.39 is 26.6 Å². The number of rotatable bonds is 5. The normalized spacial score (nSPS) is 23.2. The second kappa shape index (κ2) is 10.1. The van der Waals surface area contributed by atoms with Crippen molar-refractivity contribution in [2.45, 2.75) is 67.5 Å². The van der Waals surface area contributed by atoms with Crippen molar-refractivity contribution in [2.24, 2.45) is 11.8 Å². The molecule has 0 aromatic carbocycles. The maximum atomic E-state index is 2.50. The van der Waals surface area contributed by atoms with Crippen LogP contribution in [0.15, 0.2) is 41.1 Å². The zero-order chi connectivity index (χ0) is 16.6. The first-order valence-electron chi connectivity index (χ1n) is 8.98. The van der Waals surface area contributed by atoms with Gasteiger partial charge >= 0.3 is 147 Å². The van der Waals surface area contributed by atoms with Crippen molar-refractivity contribution in [3.8, 4) is 0 Å². The molecule has 137 valence electrons. The molecule has 0 spiro atoms. The van der Waals surface area contributed by atoms with Crippen LogP contribution in [0.25, 0.3) is 0 Å². The van der Waals surface area contributed by atoms with E-state index >= 15 is 0 Å². The van der Waals surface area contributed by atoms with E-state index in [2.05, 4.69) is 67.5 Å². The summed E-state index contributed by atoms with van der Waals surface area (Å²) in [7, 11) is 0. The average molecular weight is 553 g/mol. The summed E-state index contributed by atoms with van der Waals surface area (Å²) in [6.45, 7) is 19.4. The SMILES string of the molecule is CC[SiH](CC)[Hf]([C]1=C(C)C=C(C)C1C)[C]1=C(C)C=C(C)C1C.Cl.Cl. The number of hydrogen-bond acceptors (Lipinski definition) is 0. The van der Waals surface area contributed by atoms with E-state index in [9.17, 15) is 0 Å². The summed E-state index contributed by atoms with van der Waals surface area (Å²) < 4.78 is 3.96. The van der Waals surface area contributed by atoms with E-state index in [-0.39, 0.29) is 24.8 Å². The quantitative estimate of drug-likeness (QED) is 0.324. The predicted molar refractivity (Wildman–Crippen MR) is 114 cm³/mol. The van der Waals surface area contributed by atoms with Crippen LogP contribution in [0.1, 0.15) is 55.4 Å². The van der Waals surface area contributed by atoms with Gasteiger partial charge in [0, 0.05) is 0 Å². The molecule has 0 aromatic rings. The van der Waals surface area contributed by atoms with E-state index in [0.29, 0.717) is 0 Å². The Kier molecular flexibility index (Phi) is 10.4. The molecule has 2 rings (SSSR count). The van der Waals surface area contributed by atoms with E-state index in [4.69, 9.17) is 0 Å². The van der Waals surface area contributed by atoms with Gasteiger partial charge < -0.3 is 0 Å². The average Bonchev–Trinajstić information content (AvgIpc) is 2.85. The fraction of sp³-hybridized carbons (Fsp3) is 0.600. The number of hydrogen-bond donors (Lipinski definition) is 0. The van der Waals surface area contributed by atoms with Crippen LogP contribution in [-0.4, -0.2) is 5.98 Å². The first-order chi connectivity index (χ1) is 10.3. The Bertz CT molecular complexity index is 536. The summed E-state index contributed by atoms with van der Waals surface area (Å²) in [5.41, 5.74) is 6.54. The molecular formula is C20H35Cl2HfSi. The van der Waals surface area contributed by atoms with Crippen LogP contribution in [0.5, 0.6) is 0 Å². The Balaban J connectivity index is 0.00000264. The molecule has 0 amide bonds. The molecule has 2 unspecified atom stereocenters. The second-order valence-electron chi connectivity index (χ2n) is 7.34. The third-order valence-electron chi connectivity index (χ3n) is 5.94. The van der Waals surface area contributed by atoms with Crippen molar-refractivity contribution in [3.05, 3.63) is 41.1 Å². The third kappa shape index (κ3) is 4.48. The molecule has 0 saturated carbocycles. The van der Waals surface area contributed by atoms with E-state index in [0.717, 1.165) is 11.8 Å². The predicted octanol–water partition coefficient (Wildman–Crippen LogP) is 6.95. The Labute approximate surface area is 170 Å². The topological polar surface area (TPSA) is 0 Å². The van der Waals surface area contributed by atoms with Gasteiger partial charge in [-0.05, 0) is 0 Å². The van der Waals surface area contributed by atoms with Crippen LogP contribution >= 0.6 is 24.8 Å². The van der Waals surface area contributed by atoms with Crippen molar-refractivity contribution in [1.29, 1.82) is 0 Å². The minimum atomic E-state index is -1.89. The zero-order valence-electron chi connectivity index (χ0n) is 16.6. The summed E-state index contributed by atoms with van der Waals surface area (Å²) in [6, 6.07) is 3.01. The maximum absolute atomic E-state index is 2.50. The van der Waals surface area contributed by atoms with E-state index in [1.54, 1.807) is 22.3 Å². The summed E-state index contributed by atoms with van der Waals surface area (Å²) >= 11 is -1.89. The third-order valence-corrected chi connectivity index (χ3v) is 41.5. The van der Waals surface area contributed by atoms with Gasteiger partial charge in [-0.15, -0.1) is 24.8 Å².